The summed E-state index contributed by atoms with van der Waals surface area (Å²) in [5.74, 6) is -1.24. The zero-order valence-corrected chi connectivity index (χ0v) is 29.4. The van der Waals surface area contributed by atoms with Crippen molar-refractivity contribution in [1.82, 2.24) is 0 Å². The quantitative estimate of drug-likeness (QED) is 0.0672. The molecule has 0 fully saturated rings. The van der Waals surface area contributed by atoms with Crippen molar-refractivity contribution in [3.05, 3.63) is 0 Å². The molecule has 6 heteroatoms. The highest BCUT2D eigenvalue weighted by atomic mass is 16.4. The normalized spacial score (nSPS) is 12.0. The number of amides is 2. The third-order valence-electron chi connectivity index (χ3n) is 8.58. The SMILES string of the molecule is CC(O)C(=O)[O-].CCCCCCCCCCCCCCCC(=O)[N+](C)(C)C(=O)CCCCCCCCCCCCCCC. The van der Waals surface area contributed by atoms with Gasteiger partial charge in [-0.25, -0.2) is 14.1 Å². The number of imide groups is 1. The van der Waals surface area contributed by atoms with Gasteiger partial charge in [-0.15, -0.1) is 0 Å². The Balaban J connectivity index is 0. The van der Waals surface area contributed by atoms with E-state index < -0.39 is 12.1 Å². The molecule has 0 bridgehead atoms. The highest BCUT2D eigenvalue weighted by molar-refractivity contribution is 5.84. The molecule has 256 valence electrons. The van der Waals surface area contributed by atoms with Gasteiger partial charge in [-0.2, -0.15) is 0 Å². The van der Waals surface area contributed by atoms with Gasteiger partial charge < -0.3 is 15.0 Å². The lowest BCUT2D eigenvalue weighted by Crippen LogP contribution is -2.50. The van der Waals surface area contributed by atoms with Crippen molar-refractivity contribution in [3.63, 3.8) is 0 Å². The Kier molecular flexibility index (Phi) is 32.8. The Bertz CT molecular complexity index is 603. The molecule has 1 N–H and O–H groups in total. The fourth-order valence-electron chi connectivity index (χ4n) is 5.29. The van der Waals surface area contributed by atoms with Crippen LogP contribution in [0.15, 0.2) is 0 Å². The molecule has 0 aliphatic carbocycles. The second kappa shape index (κ2) is 32.1. The van der Waals surface area contributed by atoms with E-state index in [0.717, 1.165) is 32.6 Å². The van der Waals surface area contributed by atoms with Gasteiger partial charge in [0.05, 0.1) is 39.0 Å². The first-order valence-electron chi connectivity index (χ1n) is 18.4. The molecule has 0 heterocycles. The summed E-state index contributed by atoms with van der Waals surface area (Å²) in [4.78, 5) is 34.7. The van der Waals surface area contributed by atoms with Gasteiger partial charge >= 0.3 is 11.8 Å². The zero-order chi connectivity index (χ0) is 32.6. The molecule has 0 aromatic carbocycles. The molecule has 2 amide bonds. The number of hydrogen-bond donors (Lipinski definition) is 1. The number of aliphatic hydroxyl groups excluding tert-OH is 1. The number of hydrogen-bond acceptors (Lipinski definition) is 5. The van der Waals surface area contributed by atoms with Crippen molar-refractivity contribution in [2.75, 3.05) is 14.1 Å². The number of quaternary nitrogens is 1. The summed E-state index contributed by atoms with van der Waals surface area (Å²) in [6, 6.07) is 0. The van der Waals surface area contributed by atoms with Gasteiger partial charge in [0.2, 0.25) is 0 Å². The van der Waals surface area contributed by atoms with Crippen LogP contribution in [-0.2, 0) is 14.4 Å². The van der Waals surface area contributed by atoms with Crippen LogP contribution in [0.2, 0.25) is 0 Å². The molecule has 0 aliphatic rings. The summed E-state index contributed by atoms with van der Waals surface area (Å²) in [5, 5.41) is 17.3. The van der Waals surface area contributed by atoms with Gasteiger partial charge in [-0.3, -0.25) is 0 Å². The van der Waals surface area contributed by atoms with Crippen molar-refractivity contribution in [3.8, 4) is 0 Å². The Morgan fingerprint density at radius 1 is 0.488 bits per heavy atom. The molecule has 0 rings (SSSR count). The Hall–Kier alpha value is -1.27. The number of carboxylic acid groups (broad SMARTS) is 1. The summed E-state index contributed by atoms with van der Waals surface area (Å²) in [6.45, 7) is 5.68. The van der Waals surface area contributed by atoms with Gasteiger partial charge in [0.15, 0.2) is 0 Å². The number of carbonyl (C=O) groups excluding carboxylic acids is 3. The third-order valence-corrected chi connectivity index (χ3v) is 8.58. The molecule has 0 aliphatic heterocycles. The fourth-order valence-corrected chi connectivity index (χ4v) is 5.29. The molecule has 0 saturated carbocycles. The minimum Gasteiger partial charge on any atom is -0.547 e. The van der Waals surface area contributed by atoms with E-state index in [0.29, 0.717) is 12.8 Å². The minimum absolute atomic E-state index is 0.0590. The number of carbonyl (C=O) groups is 3. The molecule has 0 aromatic rings. The Labute approximate surface area is 267 Å². The van der Waals surface area contributed by atoms with Crippen molar-refractivity contribution < 1.29 is 29.1 Å². The van der Waals surface area contributed by atoms with Crippen LogP contribution >= 0.6 is 0 Å². The lowest BCUT2D eigenvalue weighted by molar-refractivity contribution is -0.736. The lowest BCUT2D eigenvalue weighted by Gasteiger charge is -2.24. The first kappa shape index (κ1) is 43.9. The van der Waals surface area contributed by atoms with E-state index in [-0.39, 0.29) is 16.3 Å². The third kappa shape index (κ3) is 30.5. The van der Waals surface area contributed by atoms with E-state index in [4.69, 9.17) is 5.11 Å². The topological polar surface area (TPSA) is 94.5 Å². The van der Waals surface area contributed by atoms with Crippen LogP contribution in [0.4, 0.5) is 0 Å². The van der Waals surface area contributed by atoms with E-state index in [1.165, 1.54) is 141 Å². The molecule has 1 atom stereocenters. The zero-order valence-electron chi connectivity index (χ0n) is 29.4. The molecule has 6 nitrogen and oxygen atoms in total. The molecule has 0 saturated heterocycles. The van der Waals surface area contributed by atoms with Gasteiger partial charge in [0.25, 0.3) is 0 Å². The van der Waals surface area contributed by atoms with E-state index in [1.807, 2.05) is 0 Å². The highest BCUT2D eigenvalue weighted by Gasteiger charge is 2.33. The van der Waals surface area contributed by atoms with Crippen molar-refractivity contribution in [1.29, 1.82) is 0 Å². The molecule has 0 radical (unpaired) electrons. The maximum atomic E-state index is 12.7. The average Bonchev–Trinajstić information content (AvgIpc) is 2.97. The largest absolute Gasteiger partial charge is 0.547 e. The Morgan fingerprint density at radius 2 is 0.674 bits per heavy atom. The predicted octanol–water partition coefficient (Wildman–Crippen LogP) is 9.20. The van der Waals surface area contributed by atoms with Crippen LogP contribution in [0, 0.1) is 0 Å². The van der Waals surface area contributed by atoms with Gasteiger partial charge in [0.1, 0.15) is 0 Å². The van der Waals surface area contributed by atoms with Crippen LogP contribution in [0.1, 0.15) is 201 Å². The van der Waals surface area contributed by atoms with Crippen molar-refractivity contribution >= 4 is 17.8 Å². The van der Waals surface area contributed by atoms with E-state index in [9.17, 15) is 19.5 Å². The highest BCUT2D eigenvalue weighted by Crippen LogP contribution is 2.17. The lowest BCUT2D eigenvalue weighted by atomic mass is 10.0. The first-order valence-corrected chi connectivity index (χ1v) is 18.4. The number of carboxylic acids is 1. The summed E-state index contributed by atoms with van der Waals surface area (Å²) in [5.41, 5.74) is 0. The van der Waals surface area contributed by atoms with Gasteiger partial charge in [0, 0.05) is 0 Å². The summed E-state index contributed by atoms with van der Waals surface area (Å²) >= 11 is 0. The maximum absolute atomic E-state index is 12.7. The predicted molar refractivity (Wildman–Crippen MR) is 179 cm³/mol. The van der Waals surface area contributed by atoms with Crippen molar-refractivity contribution in [2.45, 2.75) is 207 Å². The second-order valence-corrected chi connectivity index (χ2v) is 13.2. The molecular weight excluding hydrogens is 538 g/mol. The molecule has 0 spiro atoms. The van der Waals surface area contributed by atoms with E-state index in [2.05, 4.69) is 13.8 Å². The van der Waals surface area contributed by atoms with Gasteiger partial charge in [-0.1, -0.05) is 168 Å². The maximum Gasteiger partial charge on any atom is 0.320 e. The summed E-state index contributed by atoms with van der Waals surface area (Å²) in [7, 11) is 3.60. The van der Waals surface area contributed by atoms with Crippen LogP contribution in [0.5, 0.6) is 0 Å². The summed E-state index contributed by atoms with van der Waals surface area (Å²) in [6.07, 6.45) is 33.8. The van der Waals surface area contributed by atoms with Crippen LogP contribution in [0.25, 0.3) is 0 Å². The molecular formula is C37H73NO5. The number of nitrogens with zero attached hydrogens (tertiary/aromatic N) is 1. The minimum atomic E-state index is -1.44. The molecule has 1 unspecified atom stereocenters. The number of rotatable bonds is 29. The fraction of sp³-hybridized carbons (Fsp3) is 0.919. The number of unbranched alkanes of at least 4 members (excludes halogenated alkanes) is 24. The summed E-state index contributed by atoms with van der Waals surface area (Å²) < 4.78 is -0.0590. The monoisotopic (exact) mass is 612 g/mol. The van der Waals surface area contributed by atoms with Crippen LogP contribution in [-0.4, -0.2) is 47.6 Å². The van der Waals surface area contributed by atoms with E-state index in [1.54, 1.807) is 14.1 Å². The molecule has 43 heavy (non-hydrogen) atoms. The average molecular weight is 612 g/mol. The van der Waals surface area contributed by atoms with Crippen LogP contribution < -0.4 is 5.11 Å². The van der Waals surface area contributed by atoms with Crippen LogP contribution in [0.3, 0.4) is 0 Å². The van der Waals surface area contributed by atoms with E-state index >= 15 is 0 Å². The van der Waals surface area contributed by atoms with Crippen molar-refractivity contribution in [2.24, 2.45) is 0 Å². The second-order valence-electron chi connectivity index (χ2n) is 13.2. The first-order chi connectivity index (χ1) is 20.6. The standard InChI is InChI=1S/C34H68NO2.C3H6O3/c1-5-7-9-11-13-15-17-19-21-23-25-27-29-31-33(36)35(3,4)34(37)32-30-28-26-24-22-20-18-16-14-12-10-8-6-2;1-2(4)3(5)6/h5-32H2,1-4H3;2,4H,1H3,(H,5,6)/q+1;/p-1. The van der Waals surface area contributed by atoms with Gasteiger partial charge in [-0.05, 0) is 19.8 Å². The smallest absolute Gasteiger partial charge is 0.320 e. The number of aliphatic carboxylic acids is 1. The molecule has 0 aromatic heterocycles. The Morgan fingerprint density at radius 3 is 0.860 bits per heavy atom. The number of aliphatic hydroxyl groups is 1.